The number of anilines is 1. The number of hydrogen-bond donors (Lipinski definition) is 1. The van der Waals surface area contributed by atoms with Gasteiger partial charge in [-0.2, -0.15) is 0 Å². The molecule has 1 atom stereocenters. The maximum atomic E-state index is 13.1. The predicted molar refractivity (Wildman–Crippen MR) is 78.7 cm³/mol. The lowest BCUT2D eigenvalue weighted by Crippen LogP contribution is -2.45. The second-order valence-corrected chi connectivity index (χ2v) is 5.78. The first-order valence-electron chi connectivity index (χ1n) is 7.60. The summed E-state index contributed by atoms with van der Waals surface area (Å²) >= 11 is 0. The lowest BCUT2D eigenvalue weighted by Gasteiger charge is -2.33. The number of piperidine rings is 1. The van der Waals surface area contributed by atoms with Gasteiger partial charge in [-0.1, -0.05) is 6.07 Å². The normalized spacial score (nSPS) is 23.3. The molecule has 0 radical (unpaired) electrons. The number of nitrogens with one attached hydrogen (secondary N) is 1. The summed E-state index contributed by atoms with van der Waals surface area (Å²) in [5.74, 6) is -0.703. The van der Waals surface area contributed by atoms with Crippen molar-refractivity contribution in [3.63, 3.8) is 0 Å². The number of nitrogens with zero attached hydrogens (tertiary/aromatic N) is 1. The van der Waals surface area contributed by atoms with Crippen LogP contribution in [0, 0.1) is 11.7 Å². The molecule has 1 amide bonds. The molecule has 6 heteroatoms. The largest absolute Gasteiger partial charge is 0.464 e. The first-order chi connectivity index (χ1) is 10.6. The number of amides is 1. The molecule has 2 fully saturated rings. The summed E-state index contributed by atoms with van der Waals surface area (Å²) in [5.41, 5.74) is 0.479. The van der Waals surface area contributed by atoms with Crippen molar-refractivity contribution in [2.24, 2.45) is 5.92 Å². The lowest BCUT2D eigenvalue weighted by atomic mass is 9.94. The van der Waals surface area contributed by atoms with E-state index < -0.39 is 0 Å². The maximum absolute atomic E-state index is 13.1. The molecule has 0 spiro atoms. The van der Waals surface area contributed by atoms with Crippen LogP contribution in [0.5, 0.6) is 0 Å². The van der Waals surface area contributed by atoms with E-state index >= 15 is 0 Å². The summed E-state index contributed by atoms with van der Waals surface area (Å²) in [6, 6.07) is 5.74. The predicted octanol–water partition coefficient (Wildman–Crippen LogP) is 1.79. The van der Waals surface area contributed by atoms with Gasteiger partial charge in [0.1, 0.15) is 11.9 Å². The van der Waals surface area contributed by atoms with Crippen LogP contribution in [-0.2, 0) is 14.3 Å². The third-order valence-electron chi connectivity index (χ3n) is 4.34. The molecule has 2 aliphatic heterocycles. The minimum Gasteiger partial charge on any atom is -0.464 e. The van der Waals surface area contributed by atoms with Gasteiger partial charge in [-0.25, -0.2) is 4.39 Å². The average Bonchev–Trinajstić information content (AvgIpc) is 2.93. The van der Waals surface area contributed by atoms with Gasteiger partial charge in [-0.15, -0.1) is 0 Å². The van der Waals surface area contributed by atoms with Gasteiger partial charge in [0.2, 0.25) is 5.91 Å². The summed E-state index contributed by atoms with van der Waals surface area (Å²) in [7, 11) is 0. The highest BCUT2D eigenvalue weighted by molar-refractivity contribution is 5.92. The molecule has 118 valence electrons. The van der Waals surface area contributed by atoms with Crippen LogP contribution in [-0.4, -0.2) is 42.5 Å². The minimum absolute atomic E-state index is 0.0840. The van der Waals surface area contributed by atoms with Gasteiger partial charge in [-0.3, -0.25) is 14.5 Å². The molecular weight excluding hydrogens is 287 g/mol. The smallest absolute Gasteiger partial charge is 0.323 e. The van der Waals surface area contributed by atoms with Crippen LogP contribution >= 0.6 is 0 Å². The molecule has 0 unspecified atom stereocenters. The number of rotatable bonds is 3. The minimum atomic E-state index is -0.368. The van der Waals surface area contributed by atoms with E-state index in [-0.39, 0.29) is 29.7 Å². The van der Waals surface area contributed by atoms with E-state index in [9.17, 15) is 14.0 Å². The number of carbonyl (C=O) groups is 2. The zero-order chi connectivity index (χ0) is 15.5. The van der Waals surface area contributed by atoms with Crippen LogP contribution in [0.3, 0.4) is 0 Å². The monoisotopic (exact) mass is 306 g/mol. The van der Waals surface area contributed by atoms with Gasteiger partial charge in [0.15, 0.2) is 0 Å². The van der Waals surface area contributed by atoms with Crippen LogP contribution in [0.2, 0.25) is 0 Å². The fourth-order valence-electron chi connectivity index (χ4n) is 3.10. The van der Waals surface area contributed by atoms with Crippen LogP contribution < -0.4 is 5.32 Å². The summed E-state index contributed by atoms with van der Waals surface area (Å²) < 4.78 is 18.1. The first-order valence-corrected chi connectivity index (χ1v) is 7.60. The van der Waals surface area contributed by atoms with E-state index in [4.69, 9.17) is 4.74 Å². The zero-order valence-electron chi connectivity index (χ0n) is 12.3. The van der Waals surface area contributed by atoms with Crippen molar-refractivity contribution in [3.05, 3.63) is 30.1 Å². The Morgan fingerprint density at radius 1 is 1.27 bits per heavy atom. The van der Waals surface area contributed by atoms with Gasteiger partial charge in [-0.05, 0) is 44.1 Å². The molecule has 3 rings (SSSR count). The maximum Gasteiger partial charge on any atom is 0.323 e. The van der Waals surface area contributed by atoms with E-state index in [2.05, 4.69) is 10.2 Å². The SMILES string of the molecule is O=C(Nc1cccc(F)c1)C1CCN([C@H]2CCOC2=O)CC1. The Morgan fingerprint density at radius 2 is 2.05 bits per heavy atom. The highest BCUT2D eigenvalue weighted by Gasteiger charge is 2.35. The number of benzene rings is 1. The van der Waals surface area contributed by atoms with Gasteiger partial charge >= 0.3 is 5.97 Å². The van der Waals surface area contributed by atoms with Gasteiger partial charge in [0.05, 0.1) is 6.61 Å². The molecule has 0 saturated carbocycles. The number of esters is 1. The molecular formula is C16H19FN2O3. The summed E-state index contributed by atoms with van der Waals surface area (Å²) in [5, 5.41) is 2.76. The van der Waals surface area contributed by atoms with Crippen molar-refractivity contribution in [1.29, 1.82) is 0 Å². The molecule has 1 aromatic carbocycles. The van der Waals surface area contributed by atoms with Gasteiger partial charge in [0.25, 0.3) is 0 Å². The molecule has 2 saturated heterocycles. The van der Waals surface area contributed by atoms with Crippen molar-refractivity contribution >= 4 is 17.6 Å². The average molecular weight is 306 g/mol. The molecule has 22 heavy (non-hydrogen) atoms. The Balaban J connectivity index is 1.52. The molecule has 5 nitrogen and oxygen atoms in total. The summed E-state index contributed by atoms with van der Waals surface area (Å²) in [6.45, 7) is 1.91. The standard InChI is InChI=1S/C16H19FN2O3/c17-12-2-1-3-13(10-12)18-15(20)11-4-7-19(8-5-11)14-6-9-22-16(14)21/h1-3,10-11,14H,4-9H2,(H,18,20)/t14-/m0/s1. The van der Waals surface area contributed by atoms with Crippen molar-refractivity contribution in [2.75, 3.05) is 25.0 Å². The molecule has 2 heterocycles. The van der Waals surface area contributed by atoms with E-state index in [0.717, 1.165) is 6.42 Å². The number of cyclic esters (lactones) is 1. The number of ether oxygens (including phenoxy) is 1. The van der Waals surface area contributed by atoms with Crippen LogP contribution in [0.25, 0.3) is 0 Å². The van der Waals surface area contributed by atoms with E-state index in [1.807, 2.05) is 0 Å². The Morgan fingerprint density at radius 3 is 2.68 bits per heavy atom. The van der Waals surface area contributed by atoms with E-state index in [1.54, 1.807) is 12.1 Å². The van der Waals surface area contributed by atoms with Crippen molar-refractivity contribution in [1.82, 2.24) is 4.90 Å². The number of likely N-dealkylation sites (tertiary alicyclic amines) is 1. The highest BCUT2D eigenvalue weighted by Crippen LogP contribution is 2.24. The van der Waals surface area contributed by atoms with Crippen LogP contribution in [0.4, 0.5) is 10.1 Å². The molecule has 0 aromatic heterocycles. The summed E-state index contributed by atoms with van der Waals surface area (Å²) in [4.78, 5) is 25.9. The third kappa shape index (κ3) is 3.27. The van der Waals surface area contributed by atoms with Crippen molar-refractivity contribution < 1.29 is 18.7 Å². The number of hydrogen-bond acceptors (Lipinski definition) is 4. The Hall–Kier alpha value is -1.95. The second-order valence-electron chi connectivity index (χ2n) is 5.78. The third-order valence-corrected chi connectivity index (χ3v) is 4.34. The molecule has 1 N–H and O–H groups in total. The Bertz CT molecular complexity index is 570. The first kappa shape index (κ1) is 15.0. The lowest BCUT2D eigenvalue weighted by molar-refractivity contribution is -0.142. The topological polar surface area (TPSA) is 58.6 Å². The second kappa shape index (κ2) is 6.44. The zero-order valence-corrected chi connectivity index (χ0v) is 12.3. The Kier molecular flexibility index (Phi) is 4.38. The van der Waals surface area contributed by atoms with Gasteiger partial charge < -0.3 is 10.1 Å². The van der Waals surface area contributed by atoms with E-state index in [0.29, 0.717) is 38.2 Å². The summed E-state index contributed by atoms with van der Waals surface area (Å²) in [6.07, 6.45) is 2.13. The number of carbonyl (C=O) groups excluding carboxylic acids is 2. The quantitative estimate of drug-likeness (QED) is 0.865. The van der Waals surface area contributed by atoms with Crippen LogP contribution in [0.15, 0.2) is 24.3 Å². The molecule has 0 bridgehead atoms. The molecule has 1 aromatic rings. The fourth-order valence-corrected chi connectivity index (χ4v) is 3.10. The van der Waals surface area contributed by atoms with Crippen molar-refractivity contribution in [2.45, 2.75) is 25.3 Å². The molecule has 2 aliphatic rings. The van der Waals surface area contributed by atoms with Crippen LogP contribution in [0.1, 0.15) is 19.3 Å². The highest BCUT2D eigenvalue weighted by atomic mass is 19.1. The van der Waals surface area contributed by atoms with E-state index in [1.165, 1.54) is 12.1 Å². The van der Waals surface area contributed by atoms with Gasteiger partial charge in [0, 0.05) is 18.0 Å². The number of halogens is 1. The molecule has 0 aliphatic carbocycles. The van der Waals surface area contributed by atoms with Crippen molar-refractivity contribution in [3.8, 4) is 0 Å². The Labute approximate surface area is 128 Å². The fraction of sp³-hybridized carbons (Fsp3) is 0.500.